The molecule has 0 bridgehead atoms. The van der Waals surface area contributed by atoms with Crippen molar-refractivity contribution in [3.05, 3.63) is 122 Å². The summed E-state index contributed by atoms with van der Waals surface area (Å²) in [5, 5.41) is 5.49. The summed E-state index contributed by atoms with van der Waals surface area (Å²) in [7, 11) is 0. The zero-order chi connectivity index (χ0) is 29.4. The number of ether oxygens (including phenoxy) is 3. The predicted octanol–water partition coefficient (Wildman–Crippen LogP) is 7.27. The topological polar surface area (TPSA) is 103 Å². The molecule has 0 aliphatic heterocycles. The molecule has 0 saturated heterocycles. The summed E-state index contributed by atoms with van der Waals surface area (Å²) in [5.41, 5.74) is 3.10. The Balaban J connectivity index is 1.48. The molecule has 0 aromatic heterocycles. The summed E-state index contributed by atoms with van der Waals surface area (Å²) in [6.07, 6.45) is 1.25. The fourth-order valence-electron chi connectivity index (χ4n) is 3.21. The third-order valence-electron chi connectivity index (χ3n) is 5.20. The Bertz CT molecular complexity index is 1610. The van der Waals surface area contributed by atoms with Gasteiger partial charge in [0, 0.05) is 26.7 Å². The molecule has 4 aromatic rings. The second kappa shape index (κ2) is 14.0. The molecule has 0 unspecified atom stereocenters. The van der Waals surface area contributed by atoms with Gasteiger partial charge in [-0.05, 0) is 78.9 Å². The van der Waals surface area contributed by atoms with E-state index >= 15 is 0 Å². The third kappa shape index (κ3) is 8.70. The van der Waals surface area contributed by atoms with Crippen molar-refractivity contribution in [2.75, 3.05) is 6.61 Å². The van der Waals surface area contributed by atoms with Crippen LogP contribution in [0.25, 0.3) is 0 Å². The van der Waals surface area contributed by atoms with Gasteiger partial charge in [-0.1, -0.05) is 46.4 Å². The van der Waals surface area contributed by atoms with Crippen molar-refractivity contribution in [1.29, 1.82) is 0 Å². The number of benzene rings is 4. The molecule has 8 nitrogen and oxygen atoms in total. The number of esters is 2. The van der Waals surface area contributed by atoms with E-state index in [9.17, 15) is 14.4 Å². The molecular formula is C29H18Cl4N2O6. The number of hydrogen-bond donors (Lipinski definition) is 1. The van der Waals surface area contributed by atoms with Crippen LogP contribution in [0.1, 0.15) is 26.3 Å². The maximum Gasteiger partial charge on any atom is 0.343 e. The summed E-state index contributed by atoms with van der Waals surface area (Å²) in [6, 6.07) is 21.1. The van der Waals surface area contributed by atoms with Crippen molar-refractivity contribution in [2.45, 2.75) is 0 Å². The number of nitrogens with zero attached hydrogens (tertiary/aromatic N) is 1. The summed E-state index contributed by atoms with van der Waals surface area (Å²) >= 11 is 23.7. The first-order valence-corrected chi connectivity index (χ1v) is 13.2. The lowest BCUT2D eigenvalue weighted by molar-refractivity contribution is -0.123. The molecule has 208 valence electrons. The first-order valence-electron chi connectivity index (χ1n) is 11.7. The second-order valence-electron chi connectivity index (χ2n) is 8.15. The van der Waals surface area contributed by atoms with Crippen LogP contribution in [-0.2, 0) is 4.79 Å². The molecule has 0 radical (unpaired) electrons. The highest BCUT2D eigenvalue weighted by molar-refractivity contribution is 6.35. The molecule has 0 fully saturated rings. The normalized spacial score (nSPS) is 10.7. The first kappa shape index (κ1) is 29.9. The molecule has 4 rings (SSSR count). The van der Waals surface area contributed by atoms with Crippen molar-refractivity contribution >= 4 is 70.5 Å². The minimum absolute atomic E-state index is 0.00792. The Kier molecular flexibility index (Phi) is 10.2. The van der Waals surface area contributed by atoms with Crippen LogP contribution in [0, 0.1) is 0 Å². The smallest absolute Gasteiger partial charge is 0.343 e. The molecule has 12 heteroatoms. The van der Waals surface area contributed by atoms with Crippen LogP contribution in [0.15, 0.2) is 90.0 Å². The number of amides is 1. The van der Waals surface area contributed by atoms with Crippen molar-refractivity contribution in [1.82, 2.24) is 5.43 Å². The fraction of sp³-hybridized carbons (Fsp3) is 0.0345. The molecular weight excluding hydrogens is 614 g/mol. The van der Waals surface area contributed by atoms with E-state index in [2.05, 4.69) is 10.5 Å². The maximum atomic E-state index is 12.8. The van der Waals surface area contributed by atoms with Gasteiger partial charge in [0.25, 0.3) is 5.91 Å². The standard InChI is InChI=1S/C29H18Cl4N2O6/c30-20-6-1-17(2-7-20)28(37)40-23-11-5-19(26(14-23)41-29(38)18-3-8-21(31)9-4-18)15-34-35-27(36)16-39-25-12-10-22(32)13-24(25)33/h1-15H,16H2,(H,35,36)/b34-15+. The second-order valence-corrected chi connectivity index (χ2v) is 9.87. The molecule has 4 aromatic carbocycles. The van der Waals surface area contributed by atoms with Gasteiger partial charge in [0.2, 0.25) is 0 Å². The lowest BCUT2D eigenvalue weighted by atomic mass is 10.2. The number of carbonyl (C=O) groups is 3. The van der Waals surface area contributed by atoms with Gasteiger partial charge in [-0.15, -0.1) is 0 Å². The Labute approximate surface area is 254 Å². The summed E-state index contributed by atoms with van der Waals surface area (Å²) in [6.45, 7) is -0.378. The monoisotopic (exact) mass is 630 g/mol. The molecule has 0 spiro atoms. The minimum atomic E-state index is -0.699. The Morgan fingerprint density at radius 1 is 0.683 bits per heavy atom. The van der Waals surface area contributed by atoms with Gasteiger partial charge < -0.3 is 14.2 Å². The van der Waals surface area contributed by atoms with Gasteiger partial charge in [0.15, 0.2) is 6.61 Å². The zero-order valence-corrected chi connectivity index (χ0v) is 23.8. The molecule has 41 heavy (non-hydrogen) atoms. The van der Waals surface area contributed by atoms with Crippen LogP contribution in [0.3, 0.4) is 0 Å². The maximum absolute atomic E-state index is 12.8. The lowest BCUT2D eigenvalue weighted by Gasteiger charge is -2.11. The zero-order valence-electron chi connectivity index (χ0n) is 20.8. The lowest BCUT2D eigenvalue weighted by Crippen LogP contribution is -2.24. The first-order chi connectivity index (χ1) is 19.7. The van der Waals surface area contributed by atoms with Crippen molar-refractivity contribution in [3.63, 3.8) is 0 Å². The fourth-order valence-corrected chi connectivity index (χ4v) is 3.93. The van der Waals surface area contributed by atoms with E-state index in [-0.39, 0.29) is 40.0 Å². The minimum Gasteiger partial charge on any atom is -0.482 e. The number of hydrogen-bond acceptors (Lipinski definition) is 7. The summed E-state index contributed by atoms with van der Waals surface area (Å²) in [4.78, 5) is 37.5. The average molecular weight is 632 g/mol. The number of rotatable bonds is 9. The van der Waals surface area contributed by atoms with Crippen LogP contribution in [0.4, 0.5) is 0 Å². The highest BCUT2D eigenvalue weighted by Gasteiger charge is 2.15. The Morgan fingerprint density at radius 3 is 1.88 bits per heavy atom. The number of halogens is 4. The predicted molar refractivity (Wildman–Crippen MR) is 157 cm³/mol. The van der Waals surface area contributed by atoms with Crippen LogP contribution in [0.2, 0.25) is 20.1 Å². The van der Waals surface area contributed by atoms with Crippen LogP contribution < -0.4 is 19.6 Å². The van der Waals surface area contributed by atoms with E-state index in [4.69, 9.17) is 60.6 Å². The highest BCUT2D eigenvalue weighted by atomic mass is 35.5. The van der Waals surface area contributed by atoms with Gasteiger partial charge in [-0.25, -0.2) is 15.0 Å². The molecule has 1 N–H and O–H groups in total. The Morgan fingerprint density at radius 2 is 1.27 bits per heavy atom. The van der Waals surface area contributed by atoms with Gasteiger partial charge >= 0.3 is 11.9 Å². The van der Waals surface area contributed by atoms with E-state index in [1.165, 1.54) is 60.8 Å². The van der Waals surface area contributed by atoms with Crippen LogP contribution in [-0.4, -0.2) is 30.7 Å². The largest absolute Gasteiger partial charge is 0.482 e. The van der Waals surface area contributed by atoms with E-state index < -0.39 is 17.8 Å². The van der Waals surface area contributed by atoms with Gasteiger partial charge in [-0.2, -0.15) is 5.10 Å². The van der Waals surface area contributed by atoms with E-state index in [0.29, 0.717) is 20.6 Å². The van der Waals surface area contributed by atoms with Gasteiger partial charge in [0.05, 0.1) is 22.4 Å². The van der Waals surface area contributed by atoms with Crippen molar-refractivity contribution in [2.24, 2.45) is 5.10 Å². The number of nitrogens with one attached hydrogen (secondary N) is 1. The van der Waals surface area contributed by atoms with E-state index in [1.807, 2.05) is 0 Å². The summed E-state index contributed by atoms with van der Waals surface area (Å²) in [5.74, 6) is -1.55. The quantitative estimate of drug-likeness (QED) is 0.0902. The van der Waals surface area contributed by atoms with Gasteiger partial charge in [0.1, 0.15) is 17.2 Å². The van der Waals surface area contributed by atoms with E-state index in [0.717, 1.165) is 0 Å². The molecule has 0 heterocycles. The molecule has 1 amide bonds. The third-order valence-corrected chi connectivity index (χ3v) is 6.24. The molecule has 0 aliphatic carbocycles. The van der Waals surface area contributed by atoms with Crippen molar-refractivity contribution < 1.29 is 28.6 Å². The number of carbonyl (C=O) groups excluding carboxylic acids is 3. The molecule has 0 aliphatic rings. The van der Waals surface area contributed by atoms with Crippen LogP contribution in [0.5, 0.6) is 17.2 Å². The average Bonchev–Trinajstić information content (AvgIpc) is 2.94. The van der Waals surface area contributed by atoms with Crippen molar-refractivity contribution in [3.8, 4) is 17.2 Å². The van der Waals surface area contributed by atoms with Crippen LogP contribution >= 0.6 is 46.4 Å². The summed E-state index contributed by atoms with van der Waals surface area (Å²) < 4.78 is 16.4. The van der Waals surface area contributed by atoms with E-state index in [1.54, 1.807) is 30.3 Å². The molecule has 0 saturated carbocycles. The Hall–Kier alpha value is -4.08. The SMILES string of the molecule is O=C(COc1ccc(Cl)cc1Cl)N/N=C/c1ccc(OC(=O)c2ccc(Cl)cc2)cc1OC(=O)c1ccc(Cl)cc1. The number of hydrazone groups is 1. The van der Waals surface area contributed by atoms with Gasteiger partial charge in [-0.3, -0.25) is 4.79 Å². The molecule has 0 atom stereocenters. The highest BCUT2D eigenvalue weighted by Crippen LogP contribution is 2.28.